The largest absolute Gasteiger partial charge is 0.497 e. The maximum atomic E-state index is 12.8. The van der Waals surface area contributed by atoms with Gasteiger partial charge in [-0.2, -0.15) is 5.10 Å². The van der Waals surface area contributed by atoms with Crippen LogP contribution in [0.2, 0.25) is 0 Å². The summed E-state index contributed by atoms with van der Waals surface area (Å²) in [6.45, 7) is 3.90. The number of nitrogens with one attached hydrogen (secondary N) is 1. The van der Waals surface area contributed by atoms with Crippen LogP contribution in [0.1, 0.15) is 29.9 Å². The third-order valence-corrected chi connectivity index (χ3v) is 5.28. The average Bonchev–Trinajstić information content (AvgIpc) is 3.17. The van der Waals surface area contributed by atoms with Crippen molar-refractivity contribution in [2.24, 2.45) is 5.92 Å². The Morgan fingerprint density at radius 2 is 1.73 bits per heavy atom. The minimum atomic E-state index is -3.26. The van der Waals surface area contributed by atoms with E-state index in [0.29, 0.717) is 5.69 Å². The van der Waals surface area contributed by atoms with Crippen LogP contribution in [0.3, 0.4) is 0 Å². The molecule has 0 bridgehead atoms. The molecule has 0 unspecified atom stereocenters. The normalized spacial score (nSPS) is 11.6. The number of benzene rings is 2. The molecule has 0 saturated heterocycles. The number of nitrogens with zero attached hydrogens (tertiary/aromatic N) is 2. The lowest BCUT2D eigenvalue weighted by Gasteiger charge is -2.06. The van der Waals surface area contributed by atoms with Crippen LogP contribution in [0.15, 0.2) is 54.7 Å². The van der Waals surface area contributed by atoms with Gasteiger partial charge in [-0.3, -0.25) is 4.79 Å². The van der Waals surface area contributed by atoms with Crippen molar-refractivity contribution in [1.29, 1.82) is 0 Å². The smallest absolute Gasteiger partial charge is 0.209 e. The van der Waals surface area contributed by atoms with Gasteiger partial charge in [0.15, 0.2) is 5.78 Å². The van der Waals surface area contributed by atoms with E-state index in [1.165, 1.54) is 0 Å². The van der Waals surface area contributed by atoms with Crippen LogP contribution in [0.5, 0.6) is 5.75 Å². The Balaban J connectivity index is 1.97. The summed E-state index contributed by atoms with van der Waals surface area (Å²) in [5, 5.41) is 4.56. The number of methoxy groups -OCH3 is 1. The molecule has 1 heterocycles. The van der Waals surface area contributed by atoms with Gasteiger partial charge >= 0.3 is 0 Å². The molecule has 0 spiro atoms. The summed E-state index contributed by atoms with van der Waals surface area (Å²) < 4.78 is 31.9. The molecule has 0 radical (unpaired) electrons. The Morgan fingerprint density at radius 1 is 1.10 bits per heavy atom. The van der Waals surface area contributed by atoms with Gasteiger partial charge in [-0.25, -0.2) is 17.8 Å². The first-order valence-corrected chi connectivity index (χ1v) is 11.4. The van der Waals surface area contributed by atoms with Crippen molar-refractivity contribution >= 4 is 15.8 Å². The van der Waals surface area contributed by atoms with Gasteiger partial charge in [-0.15, -0.1) is 0 Å². The van der Waals surface area contributed by atoms with Crippen molar-refractivity contribution in [1.82, 2.24) is 14.5 Å². The van der Waals surface area contributed by atoms with Crippen molar-refractivity contribution in [3.8, 4) is 22.6 Å². The highest BCUT2D eigenvalue weighted by Gasteiger charge is 2.21. The molecule has 0 aliphatic rings. The molecule has 1 N–H and O–H groups in total. The number of carbonyl (C=O) groups excluding carboxylic acids is 1. The van der Waals surface area contributed by atoms with E-state index in [2.05, 4.69) is 9.82 Å². The van der Waals surface area contributed by atoms with Crippen LogP contribution in [0, 0.1) is 5.92 Å². The summed E-state index contributed by atoms with van der Waals surface area (Å²) in [7, 11) is -1.65. The van der Waals surface area contributed by atoms with Gasteiger partial charge in [0.2, 0.25) is 10.0 Å². The Kier molecular flexibility index (Phi) is 6.38. The summed E-state index contributed by atoms with van der Waals surface area (Å²) >= 11 is 0. The van der Waals surface area contributed by atoms with E-state index in [1.807, 2.05) is 68.6 Å². The first kappa shape index (κ1) is 21.7. The highest BCUT2D eigenvalue weighted by Crippen LogP contribution is 2.27. The molecule has 8 heteroatoms. The predicted octanol–water partition coefficient (Wildman–Crippen LogP) is 3.44. The molecule has 30 heavy (non-hydrogen) atoms. The molecule has 0 saturated carbocycles. The average molecular weight is 428 g/mol. The molecular formula is C22H25N3O4S. The van der Waals surface area contributed by atoms with Crippen molar-refractivity contribution in [3.63, 3.8) is 0 Å². The Hall–Kier alpha value is -2.97. The summed E-state index contributed by atoms with van der Waals surface area (Å²) in [5.41, 5.74) is 3.61. The van der Waals surface area contributed by atoms with Gasteiger partial charge in [0.05, 0.1) is 19.1 Å². The van der Waals surface area contributed by atoms with Crippen LogP contribution in [-0.4, -0.2) is 37.3 Å². The Morgan fingerprint density at radius 3 is 2.27 bits per heavy atom. The monoisotopic (exact) mass is 427 g/mol. The van der Waals surface area contributed by atoms with Crippen LogP contribution in [0.25, 0.3) is 16.8 Å². The van der Waals surface area contributed by atoms with Crippen molar-refractivity contribution in [3.05, 3.63) is 66.0 Å². The van der Waals surface area contributed by atoms with Gasteiger partial charge in [0.25, 0.3) is 0 Å². The molecule has 3 rings (SSSR count). The number of ketones is 1. The highest BCUT2D eigenvalue weighted by atomic mass is 32.2. The van der Waals surface area contributed by atoms with Gasteiger partial charge in [0, 0.05) is 24.2 Å². The third kappa shape index (κ3) is 5.14. The number of hydrogen-bond acceptors (Lipinski definition) is 5. The molecule has 0 atom stereocenters. The fourth-order valence-electron chi connectivity index (χ4n) is 2.92. The second kappa shape index (κ2) is 8.81. The second-order valence-electron chi connectivity index (χ2n) is 7.34. The predicted molar refractivity (Wildman–Crippen MR) is 116 cm³/mol. The van der Waals surface area contributed by atoms with Crippen LogP contribution < -0.4 is 9.46 Å². The van der Waals surface area contributed by atoms with E-state index in [4.69, 9.17) is 4.74 Å². The lowest BCUT2D eigenvalue weighted by atomic mass is 9.98. The van der Waals surface area contributed by atoms with Crippen LogP contribution >= 0.6 is 0 Å². The minimum Gasteiger partial charge on any atom is -0.497 e. The van der Waals surface area contributed by atoms with Crippen molar-refractivity contribution < 1.29 is 17.9 Å². The van der Waals surface area contributed by atoms with Gasteiger partial charge in [-0.1, -0.05) is 38.1 Å². The van der Waals surface area contributed by atoms with Gasteiger partial charge < -0.3 is 4.74 Å². The molecule has 0 amide bonds. The Bertz CT molecular complexity index is 1130. The number of hydrogen-bond donors (Lipinski definition) is 1. The van der Waals surface area contributed by atoms with E-state index < -0.39 is 10.0 Å². The molecule has 2 aromatic carbocycles. The minimum absolute atomic E-state index is 0.0416. The van der Waals surface area contributed by atoms with Crippen LogP contribution in [0.4, 0.5) is 0 Å². The zero-order chi connectivity index (χ0) is 21.9. The first-order valence-electron chi connectivity index (χ1n) is 9.50. The standard InChI is InChI=1S/C22H25N3O4S/c1-15(2)22(26)21-20(14-25(24-21)18-9-11-19(29-3)12-10-18)17-7-5-16(6-8-17)13-23-30(4,27)28/h5-12,14-15,23H,13H2,1-4H3. The molecular weight excluding hydrogens is 402 g/mol. The molecule has 3 aromatic rings. The topological polar surface area (TPSA) is 90.3 Å². The number of rotatable bonds is 8. The van der Waals surface area contributed by atoms with E-state index in [-0.39, 0.29) is 18.2 Å². The van der Waals surface area contributed by atoms with Gasteiger partial charge in [-0.05, 0) is 35.4 Å². The molecule has 0 aliphatic heterocycles. The zero-order valence-electron chi connectivity index (χ0n) is 17.4. The van der Waals surface area contributed by atoms with Crippen LogP contribution in [-0.2, 0) is 16.6 Å². The zero-order valence-corrected chi connectivity index (χ0v) is 18.2. The van der Waals surface area contributed by atoms with E-state index in [0.717, 1.165) is 34.4 Å². The van der Waals surface area contributed by atoms with E-state index >= 15 is 0 Å². The number of carbonyl (C=O) groups is 1. The van der Waals surface area contributed by atoms with E-state index in [9.17, 15) is 13.2 Å². The number of sulfonamides is 1. The maximum absolute atomic E-state index is 12.8. The number of Topliss-reactive ketones (excluding diaryl/α,β-unsaturated/α-hetero) is 1. The fraction of sp³-hybridized carbons (Fsp3) is 0.273. The van der Waals surface area contributed by atoms with Crippen molar-refractivity contribution in [2.75, 3.05) is 13.4 Å². The maximum Gasteiger partial charge on any atom is 0.209 e. The molecule has 7 nitrogen and oxygen atoms in total. The molecule has 0 aliphatic carbocycles. The number of aromatic nitrogens is 2. The van der Waals surface area contributed by atoms with Gasteiger partial charge in [0.1, 0.15) is 11.4 Å². The first-order chi connectivity index (χ1) is 14.2. The molecule has 0 fully saturated rings. The second-order valence-corrected chi connectivity index (χ2v) is 9.18. The van der Waals surface area contributed by atoms with Crippen molar-refractivity contribution in [2.45, 2.75) is 20.4 Å². The summed E-state index contributed by atoms with van der Waals surface area (Å²) in [6.07, 6.45) is 2.96. The molecule has 1 aromatic heterocycles. The fourth-order valence-corrected chi connectivity index (χ4v) is 3.35. The third-order valence-electron chi connectivity index (χ3n) is 4.61. The quantitative estimate of drug-likeness (QED) is 0.556. The number of ether oxygens (including phenoxy) is 1. The highest BCUT2D eigenvalue weighted by molar-refractivity contribution is 7.88. The van der Waals surface area contributed by atoms with E-state index in [1.54, 1.807) is 11.8 Å². The summed E-state index contributed by atoms with van der Waals surface area (Å²) in [6, 6.07) is 14.8. The molecule has 158 valence electrons. The Labute approximate surface area is 176 Å². The SMILES string of the molecule is COc1ccc(-n2cc(-c3ccc(CNS(C)(=O)=O)cc3)c(C(=O)C(C)C)n2)cc1. The lowest BCUT2D eigenvalue weighted by molar-refractivity contribution is 0.0934. The summed E-state index contributed by atoms with van der Waals surface area (Å²) in [5.74, 6) is 0.504. The summed E-state index contributed by atoms with van der Waals surface area (Å²) in [4.78, 5) is 12.8. The lowest BCUT2D eigenvalue weighted by Crippen LogP contribution is -2.21.